The maximum absolute atomic E-state index is 12.6. The normalized spacial score (nSPS) is 33.6. The number of nitrogens with zero attached hydrogens (tertiary/aromatic N) is 2. The summed E-state index contributed by atoms with van der Waals surface area (Å²) >= 11 is 0. The highest BCUT2D eigenvalue weighted by Crippen LogP contribution is 2.19. The lowest BCUT2D eigenvalue weighted by Gasteiger charge is -2.39. The number of ether oxygens (including phenoxy) is 2. The van der Waals surface area contributed by atoms with E-state index in [4.69, 9.17) is 15.2 Å². The maximum atomic E-state index is 12.6. The van der Waals surface area contributed by atoms with Crippen LogP contribution in [-0.4, -0.2) is 74.7 Å². The molecule has 2 aliphatic rings. The molecule has 2 rings (SSSR count). The Hall–Kier alpha value is 0.0400. The van der Waals surface area contributed by atoms with Gasteiger partial charge in [0.1, 0.15) is 0 Å². The molecule has 9 heteroatoms. The Labute approximate surface area is 127 Å². The molecule has 0 radical (unpaired) electrons. The van der Waals surface area contributed by atoms with Crippen molar-refractivity contribution in [1.82, 2.24) is 8.61 Å². The molecular formula is C11H24ClN3O4S. The third kappa shape index (κ3) is 4.03. The summed E-state index contributed by atoms with van der Waals surface area (Å²) in [5, 5.41) is 0. The number of hydrogen-bond acceptors (Lipinski definition) is 5. The first-order valence-corrected chi connectivity index (χ1v) is 8.05. The molecule has 0 bridgehead atoms. The third-order valence-electron chi connectivity index (χ3n) is 3.40. The number of nitrogens with two attached hydrogens (primary N) is 1. The summed E-state index contributed by atoms with van der Waals surface area (Å²) in [6.07, 6.45) is -0.367. The largest absolute Gasteiger partial charge is 0.374 e. The molecule has 2 N–H and O–H groups in total. The zero-order valence-corrected chi connectivity index (χ0v) is 13.5. The van der Waals surface area contributed by atoms with Crippen LogP contribution in [0.25, 0.3) is 0 Å². The van der Waals surface area contributed by atoms with E-state index in [0.29, 0.717) is 39.3 Å². The maximum Gasteiger partial charge on any atom is 0.282 e. The average Bonchev–Trinajstić information content (AvgIpc) is 2.37. The van der Waals surface area contributed by atoms with Crippen molar-refractivity contribution in [2.75, 3.05) is 39.3 Å². The first kappa shape index (κ1) is 18.1. The lowest BCUT2D eigenvalue weighted by Crippen LogP contribution is -2.57. The minimum absolute atomic E-state index is 0. The molecule has 0 aromatic rings. The van der Waals surface area contributed by atoms with Gasteiger partial charge in [0.15, 0.2) is 0 Å². The van der Waals surface area contributed by atoms with E-state index < -0.39 is 10.2 Å². The Balaban J connectivity index is 0.00000200. The first-order chi connectivity index (χ1) is 8.93. The standard InChI is InChI=1S/C11H23N3O4S.ClH/c1-9-6-14(7-10(2)18-9)19(15,16)13-3-4-17-11(5-12)8-13;/h9-11H,3-8,12H2,1-2H3;1H. The Bertz CT molecular complexity index is 398. The van der Waals surface area contributed by atoms with Gasteiger partial charge in [0, 0.05) is 32.7 Å². The molecule has 2 aliphatic heterocycles. The van der Waals surface area contributed by atoms with Crippen molar-refractivity contribution in [2.24, 2.45) is 5.73 Å². The molecule has 0 aromatic heterocycles. The predicted octanol–water partition coefficient (Wildman–Crippen LogP) is -0.578. The fourth-order valence-electron chi connectivity index (χ4n) is 2.53. The zero-order valence-electron chi connectivity index (χ0n) is 11.9. The van der Waals surface area contributed by atoms with Crippen molar-refractivity contribution < 1.29 is 17.9 Å². The molecule has 3 unspecified atom stereocenters. The van der Waals surface area contributed by atoms with Gasteiger partial charge in [0.05, 0.1) is 24.9 Å². The van der Waals surface area contributed by atoms with Crippen molar-refractivity contribution in [3.63, 3.8) is 0 Å². The second kappa shape index (κ2) is 7.35. The summed E-state index contributed by atoms with van der Waals surface area (Å²) in [7, 11) is -3.44. The van der Waals surface area contributed by atoms with E-state index in [1.807, 2.05) is 13.8 Å². The van der Waals surface area contributed by atoms with Crippen molar-refractivity contribution >= 4 is 22.6 Å². The Morgan fingerprint density at radius 3 is 2.30 bits per heavy atom. The second-order valence-corrected chi connectivity index (χ2v) is 7.10. The van der Waals surface area contributed by atoms with Crippen LogP contribution in [0.2, 0.25) is 0 Å². The Kier molecular flexibility index (Phi) is 6.65. The van der Waals surface area contributed by atoms with Gasteiger partial charge < -0.3 is 15.2 Å². The number of halogens is 1. The van der Waals surface area contributed by atoms with E-state index in [1.165, 1.54) is 8.61 Å². The number of hydrogen-bond donors (Lipinski definition) is 1. The van der Waals surface area contributed by atoms with Gasteiger partial charge in [-0.25, -0.2) is 0 Å². The number of rotatable bonds is 3. The highest BCUT2D eigenvalue weighted by atomic mass is 35.5. The van der Waals surface area contributed by atoms with Crippen molar-refractivity contribution in [3.8, 4) is 0 Å². The average molecular weight is 330 g/mol. The quantitative estimate of drug-likeness (QED) is 0.749. The van der Waals surface area contributed by atoms with E-state index in [-0.39, 0.29) is 30.7 Å². The van der Waals surface area contributed by atoms with Crippen LogP contribution in [0.5, 0.6) is 0 Å². The molecule has 2 fully saturated rings. The predicted molar refractivity (Wildman–Crippen MR) is 78.1 cm³/mol. The molecule has 2 heterocycles. The van der Waals surface area contributed by atoms with Gasteiger partial charge >= 0.3 is 0 Å². The fourth-order valence-corrected chi connectivity index (χ4v) is 4.31. The third-order valence-corrected chi connectivity index (χ3v) is 5.34. The Morgan fingerprint density at radius 2 is 1.75 bits per heavy atom. The van der Waals surface area contributed by atoms with Crippen LogP contribution in [0.3, 0.4) is 0 Å². The monoisotopic (exact) mass is 329 g/mol. The molecule has 0 aliphatic carbocycles. The molecule has 7 nitrogen and oxygen atoms in total. The van der Waals surface area contributed by atoms with E-state index in [1.54, 1.807) is 0 Å². The molecular weight excluding hydrogens is 306 g/mol. The van der Waals surface area contributed by atoms with Gasteiger partial charge in [0.25, 0.3) is 10.2 Å². The highest BCUT2D eigenvalue weighted by Gasteiger charge is 2.37. The highest BCUT2D eigenvalue weighted by molar-refractivity contribution is 7.86. The minimum Gasteiger partial charge on any atom is -0.374 e. The van der Waals surface area contributed by atoms with Gasteiger partial charge in [-0.15, -0.1) is 12.4 Å². The van der Waals surface area contributed by atoms with Crippen LogP contribution in [0, 0.1) is 0 Å². The summed E-state index contributed by atoms with van der Waals surface area (Å²) in [4.78, 5) is 0. The van der Waals surface area contributed by atoms with Gasteiger partial charge in [0.2, 0.25) is 0 Å². The summed E-state index contributed by atoms with van der Waals surface area (Å²) in [6, 6.07) is 0. The van der Waals surface area contributed by atoms with Gasteiger partial charge in [-0.1, -0.05) is 0 Å². The molecule has 0 saturated carbocycles. The minimum atomic E-state index is -3.44. The summed E-state index contributed by atoms with van der Waals surface area (Å²) in [5.74, 6) is 0. The fraction of sp³-hybridized carbons (Fsp3) is 1.00. The molecule has 20 heavy (non-hydrogen) atoms. The number of morpholine rings is 2. The van der Waals surface area contributed by atoms with E-state index >= 15 is 0 Å². The summed E-state index contributed by atoms with van der Waals surface area (Å²) < 4.78 is 39.1. The lowest BCUT2D eigenvalue weighted by atomic mass is 10.3. The topological polar surface area (TPSA) is 85.1 Å². The van der Waals surface area contributed by atoms with Crippen LogP contribution in [0.4, 0.5) is 0 Å². The van der Waals surface area contributed by atoms with Crippen LogP contribution < -0.4 is 5.73 Å². The summed E-state index contributed by atoms with van der Waals surface area (Å²) in [6.45, 7) is 6.03. The van der Waals surface area contributed by atoms with E-state index in [0.717, 1.165) is 0 Å². The van der Waals surface area contributed by atoms with Crippen molar-refractivity contribution in [3.05, 3.63) is 0 Å². The van der Waals surface area contributed by atoms with E-state index in [2.05, 4.69) is 0 Å². The van der Waals surface area contributed by atoms with Crippen molar-refractivity contribution in [1.29, 1.82) is 0 Å². The zero-order chi connectivity index (χ0) is 14.0. The molecule has 0 amide bonds. The van der Waals surface area contributed by atoms with Gasteiger partial charge in [-0.3, -0.25) is 0 Å². The van der Waals surface area contributed by atoms with Crippen LogP contribution in [0.1, 0.15) is 13.8 Å². The SMILES string of the molecule is CC1CN(S(=O)(=O)N2CCOC(CN)C2)CC(C)O1.Cl. The molecule has 0 aromatic carbocycles. The molecule has 0 spiro atoms. The first-order valence-electron chi connectivity index (χ1n) is 6.66. The molecule has 3 atom stereocenters. The Morgan fingerprint density at radius 1 is 1.15 bits per heavy atom. The van der Waals surface area contributed by atoms with Crippen molar-refractivity contribution in [2.45, 2.75) is 32.2 Å². The van der Waals surface area contributed by atoms with Crippen LogP contribution in [0.15, 0.2) is 0 Å². The van der Waals surface area contributed by atoms with Crippen LogP contribution >= 0.6 is 12.4 Å². The van der Waals surface area contributed by atoms with Crippen LogP contribution in [-0.2, 0) is 19.7 Å². The molecule has 120 valence electrons. The lowest BCUT2D eigenvalue weighted by molar-refractivity contribution is -0.0478. The molecule has 2 saturated heterocycles. The summed E-state index contributed by atoms with van der Waals surface area (Å²) in [5.41, 5.74) is 5.55. The van der Waals surface area contributed by atoms with Gasteiger partial charge in [-0.2, -0.15) is 17.0 Å². The smallest absolute Gasteiger partial charge is 0.282 e. The second-order valence-electron chi connectivity index (χ2n) is 5.17. The van der Waals surface area contributed by atoms with Gasteiger partial charge in [-0.05, 0) is 13.8 Å². The van der Waals surface area contributed by atoms with E-state index in [9.17, 15) is 8.42 Å².